The van der Waals surface area contributed by atoms with Gasteiger partial charge < -0.3 is 5.32 Å². The predicted octanol–water partition coefficient (Wildman–Crippen LogP) is 1.71. The van der Waals surface area contributed by atoms with Gasteiger partial charge in [0.2, 0.25) is 10.0 Å². The van der Waals surface area contributed by atoms with Gasteiger partial charge in [-0.25, -0.2) is 13.6 Å². The number of rotatable bonds is 4. The third-order valence-electron chi connectivity index (χ3n) is 3.39. The minimum absolute atomic E-state index is 0.0234. The molecule has 1 saturated carbocycles. The van der Waals surface area contributed by atoms with Crippen LogP contribution in [0.15, 0.2) is 15.7 Å². The Morgan fingerprint density at radius 3 is 2.63 bits per heavy atom. The third kappa shape index (κ3) is 4.02. The topological polar surface area (TPSA) is 89.3 Å². The van der Waals surface area contributed by atoms with Crippen LogP contribution in [0.25, 0.3) is 0 Å². The van der Waals surface area contributed by atoms with Crippen molar-refractivity contribution in [3.63, 3.8) is 0 Å². The van der Waals surface area contributed by atoms with Crippen molar-refractivity contribution in [3.05, 3.63) is 17.0 Å². The van der Waals surface area contributed by atoms with Crippen molar-refractivity contribution < 1.29 is 13.2 Å². The number of sulfonamides is 1. The highest BCUT2D eigenvalue weighted by atomic mass is 32.2. The summed E-state index contributed by atoms with van der Waals surface area (Å²) in [4.78, 5) is 11.9. The van der Waals surface area contributed by atoms with Crippen molar-refractivity contribution in [1.82, 2.24) is 5.32 Å². The van der Waals surface area contributed by atoms with Gasteiger partial charge in [0.05, 0.1) is 5.56 Å². The summed E-state index contributed by atoms with van der Waals surface area (Å²) in [5.41, 5.74) is 0.366. The monoisotopic (exact) mass is 302 g/mol. The maximum atomic E-state index is 11.9. The van der Waals surface area contributed by atoms with Crippen LogP contribution in [0.2, 0.25) is 0 Å². The van der Waals surface area contributed by atoms with E-state index in [1.54, 1.807) is 0 Å². The quantitative estimate of drug-likeness (QED) is 0.887. The minimum Gasteiger partial charge on any atom is -0.352 e. The molecule has 0 bridgehead atoms. The molecule has 0 spiro atoms. The molecular weight excluding hydrogens is 284 g/mol. The second-order valence-corrected chi connectivity index (χ2v) is 7.61. The average molecular weight is 302 g/mol. The normalized spacial score (nSPS) is 17.3. The molecule has 2 rings (SSSR count). The Balaban J connectivity index is 1.91. The van der Waals surface area contributed by atoms with Crippen LogP contribution >= 0.6 is 11.3 Å². The van der Waals surface area contributed by atoms with E-state index in [0.717, 1.165) is 24.2 Å². The van der Waals surface area contributed by atoms with Gasteiger partial charge in [-0.1, -0.05) is 19.3 Å². The second-order valence-electron chi connectivity index (χ2n) is 4.91. The second kappa shape index (κ2) is 6.02. The molecule has 1 amide bonds. The predicted molar refractivity (Wildman–Crippen MR) is 74.6 cm³/mol. The highest BCUT2D eigenvalue weighted by molar-refractivity contribution is 7.91. The first-order valence-electron chi connectivity index (χ1n) is 6.36. The van der Waals surface area contributed by atoms with Crippen molar-refractivity contribution in [1.29, 1.82) is 0 Å². The van der Waals surface area contributed by atoms with Crippen molar-refractivity contribution >= 4 is 27.3 Å². The zero-order valence-corrected chi connectivity index (χ0v) is 12.2. The number of nitrogens with two attached hydrogens (primary N) is 1. The van der Waals surface area contributed by atoms with E-state index < -0.39 is 10.0 Å². The molecule has 1 aliphatic rings. The Labute approximate surface area is 117 Å². The molecule has 3 N–H and O–H groups in total. The van der Waals surface area contributed by atoms with E-state index in [4.69, 9.17) is 5.14 Å². The molecule has 1 fully saturated rings. The van der Waals surface area contributed by atoms with Crippen LogP contribution in [0.5, 0.6) is 0 Å². The Morgan fingerprint density at radius 1 is 1.37 bits per heavy atom. The summed E-state index contributed by atoms with van der Waals surface area (Å²) < 4.78 is 22.3. The summed E-state index contributed by atoms with van der Waals surface area (Å²) in [6.45, 7) is 0.666. The highest BCUT2D eigenvalue weighted by Gasteiger charge is 2.17. The van der Waals surface area contributed by atoms with Gasteiger partial charge >= 0.3 is 0 Å². The Bertz CT molecular complexity index is 545. The lowest BCUT2D eigenvalue weighted by molar-refractivity contribution is 0.0944. The summed E-state index contributed by atoms with van der Waals surface area (Å²) in [6.07, 6.45) is 6.06. The van der Waals surface area contributed by atoms with E-state index in [2.05, 4.69) is 5.32 Å². The number of hydrogen-bond donors (Lipinski definition) is 2. The first-order valence-corrected chi connectivity index (χ1v) is 8.79. The van der Waals surface area contributed by atoms with Gasteiger partial charge in [0, 0.05) is 11.9 Å². The first kappa shape index (κ1) is 14.5. The van der Waals surface area contributed by atoms with E-state index in [-0.39, 0.29) is 10.1 Å². The molecule has 7 heteroatoms. The van der Waals surface area contributed by atoms with Crippen LogP contribution in [0.4, 0.5) is 0 Å². The third-order valence-corrected chi connectivity index (χ3v) is 5.78. The molecule has 1 aromatic heterocycles. The lowest BCUT2D eigenvalue weighted by atomic mass is 9.89. The molecule has 0 aliphatic heterocycles. The van der Waals surface area contributed by atoms with E-state index in [1.165, 1.54) is 30.7 Å². The molecule has 19 heavy (non-hydrogen) atoms. The van der Waals surface area contributed by atoms with E-state index in [1.807, 2.05) is 0 Å². The maximum Gasteiger partial charge on any atom is 0.252 e. The van der Waals surface area contributed by atoms with Gasteiger partial charge in [0.15, 0.2) is 0 Å². The highest BCUT2D eigenvalue weighted by Crippen LogP contribution is 2.23. The van der Waals surface area contributed by atoms with Gasteiger partial charge in [-0.3, -0.25) is 4.79 Å². The molecule has 1 aliphatic carbocycles. The Kier molecular flexibility index (Phi) is 4.59. The fourth-order valence-electron chi connectivity index (χ4n) is 2.32. The standard InChI is InChI=1S/C12H18N2O3S2/c13-19(16,17)11-6-10(8-18-11)12(15)14-7-9-4-2-1-3-5-9/h6,8-9H,1-5,7H2,(H,14,15)(H2,13,16,17). The number of primary sulfonamides is 1. The maximum absolute atomic E-state index is 11.9. The smallest absolute Gasteiger partial charge is 0.252 e. The first-order chi connectivity index (χ1) is 8.97. The number of thiophene rings is 1. The molecule has 0 atom stereocenters. The van der Waals surface area contributed by atoms with Crippen molar-refractivity contribution in [3.8, 4) is 0 Å². The van der Waals surface area contributed by atoms with Gasteiger partial charge in [-0.2, -0.15) is 0 Å². The molecule has 106 valence electrons. The fourth-order valence-corrected chi connectivity index (χ4v) is 3.90. The lowest BCUT2D eigenvalue weighted by Crippen LogP contribution is -2.30. The van der Waals surface area contributed by atoms with Crippen LogP contribution in [0, 0.1) is 5.92 Å². The van der Waals surface area contributed by atoms with Gasteiger partial charge in [-0.05, 0) is 24.8 Å². The molecule has 0 unspecified atom stereocenters. The minimum atomic E-state index is -3.71. The Hall–Kier alpha value is -0.920. The van der Waals surface area contributed by atoms with E-state index in [0.29, 0.717) is 18.0 Å². The molecule has 0 saturated heterocycles. The summed E-state index contributed by atoms with van der Waals surface area (Å²) in [5, 5.41) is 9.40. The van der Waals surface area contributed by atoms with Gasteiger partial charge in [0.1, 0.15) is 4.21 Å². The summed E-state index contributed by atoms with van der Waals surface area (Å²) in [7, 11) is -3.71. The molecule has 1 aromatic rings. The van der Waals surface area contributed by atoms with Gasteiger partial charge in [-0.15, -0.1) is 11.3 Å². The van der Waals surface area contributed by atoms with Gasteiger partial charge in [0.25, 0.3) is 5.91 Å². The van der Waals surface area contributed by atoms with Crippen LogP contribution in [-0.4, -0.2) is 20.9 Å². The zero-order valence-electron chi connectivity index (χ0n) is 10.6. The van der Waals surface area contributed by atoms with Crippen LogP contribution in [0.3, 0.4) is 0 Å². The Morgan fingerprint density at radius 2 is 2.05 bits per heavy atom. The van der Waals surface area contributed by atoms with E-state index >= 15 is 0 Å². The van der Waals surface area contributed by atoms with Crippen molar-refractivity contribution in [2.45, 2.75) is 36.3 Å². The van der Waals surface area contributed by atoms with Crippen LogP contribution in [0.1, 0.15) is 42.5 Å². The largest absolute Gasteiger partial charge is 0.352 e. The zero-order chi connectivity index (χ0) is 13.9. The number of carbonyl (C=O) groups is 1. The fraction of sp³-hybridized carbons (Fsp3) is 0.583. The summed E-state index contributed by atoms with van der Waals surface area (Å²) >= 11 is 0.972. The average Bonchev–Trinajstić information content (AvgIpc) is 2.87. The SMILES string of the molecule is NS(=O)(=O)c1cc(C(=O)NCC2CCCCC2)cs1. The molecule has 0 radical (unpaired) electrons. The summed E-state index contributed by atoms with van der Waals surface area (Å²) in [6, 6.07) is 1.33. The number of hydrogen-bond acceptors (Lipinski definition) is 4. The van der Waals surface area contributed by atoms with Crippen molar-refractivity contribution in [2.24, 2.45) is 11.1 Å². The molecule has 1 heterocycles. The number of amides is 1. The molecule has 0 aromatic carbocycles. The number of nitrogens with one attached hydrogen (secondary N) is 1. The number of carbonyl (C=O) groups excluding carboxylic acids is 1. The van der Waals surface area contributed by atoms with Crippen LogP contribution < -0.4 is 10.5 Å². The van der Waals surface area contributed by atoms with E-state index in [9.17, 15) is 13.2 Å². The molecular formula is C12H18N2O3S2. The van der Waals surface area contributed by atoms with Crippen molar-refractivity contribution in [2.75, 3.05) is 6.54 Å². The lowest BCUT2D eigenvalue weighted by Gasteiger charge is -2.21. The van der Waals surface area contributed by atoms with Crippen LogP contribution in [-0.2, 0) is 10.0 Å². The summed E-state index contributed by atoms with van der Waals surface area (Å²) in [5.74, 6) is 0.325. The molecule has 5 nitrogen and oxygen atoms in total.